The van der Waals surface area contributed by atoms with Crippen LogP contribution in [0.4, 0.5) is 0 Å². The third-order valence-electron chi connectivity index (χ3n) is 2.60. The maximum Gasteiger partial charge on any atom is 0.00918 e. The van der Waals surface area contributed by atoms with E-state index >= 15 is 0 Å². The molecule has 0 aliphatic carbocycles. The van der Waals surface area contributed by atoms with Crippen LogP contribution < -0.4 is 0 Å². The summed E-state index contributed by atoms with van der Waals surface area (Å²) in [4.78, 5) is 8.82. The van der Waals surface area contributed by atoms with Crippen molar-refractivity contribution in [3.8, 4) is 22.5 Å². The molecule has 2 aromatic carbocycles. The Morgan fingerprint density at radius 2 is 1.30 bits per heavy atom. The Morgan fingerprint density at radius 1 is 0.800 bits per heavy atom. The van der Waals surface area contributed by atoms with Crippen molar-refractivity contribution >= 4 is 9.19 Å². The number of rotatable bonds is 2. The van der Waals surface area contributed by atoms with Gasteiger partial charge >= 0.3 is 29.2 Å². The van der Waals surface area contributed by atoms with E-state index in [-0.39, 0.29) is 0 Å². The first-order chi connectivity index (χ1) is 9.93. The minimum atomic E-state index is 0.824. The van der Waals surface area contributed by atoms with Gasteiger partial charge in [-0.15, -0.1) is 71.8 Å². The molecular weight excluding hydrogens is 453 g/mol. The van der Waals surface area contributed by atoms with E-state index in [1.54, 1.807) is 32.4 Å². The number of halogens is 1. The summed E-state index contributed by atoms with van der Waals surface area (Å²) in [5, 5.41) is 0. The predicted molar refractivity (Wildman–Crippen MR) is 76.4 cm³/mol. The molecule has 2 nitrogen and oxygen atoms in total. The smallest absolute Gasteiger partial charge is 0.00918 e. The van der Waals surface area contributed by atoms with Crippen LogP contribution in [-0.2, 0) is 20.0 Å². The van der Waals surface area contributed by atoms with Crippen LogP contribution in [0, 0.1) is 12.1 Å². The van der Waals surface area contributed by atoms with Crippen molar-refractivity contribution in [2.24, 2.45) is 0 Å². The van der Waals surface area contributed by atoms with Crippen molar-refractivity contribution in [2.75, 3.05) is 0 Å². The van der Waals surface area contributed by atoms with E-state index in [9.17, 15) is 0 Å². The SMILES string of the molecule is [Cl][Au].[c-]1ccccc1-c1cncc(-c2[c-]cccc2)n1. The summed E-state index contributed by atoms with van der Waals surface area (Å²) in [5.74, 6) is 0. The molecule has 0 aliphatic rings. The molecule has 0 aliphatic heterocycles. The van der Waals surface area contributed by atoms with Crippen molar-refractivity contribution < 1.29 is 20.0 Å². The molecule has 3 aromatic rings. The Labute approximate surface area is 134 Å². The van der Waals surface area contributed by atoms with Crippen LogP contribution in [0.15, 0.2) is 60.9 Å². The summed E-state index contributed by atoms with van der Waals surface area (Å²) < 4.78 is 0. The number of hydrogen-bond acceptors (Lipinski definition) is 2. The number of benzene rings is 2. The van der Waals surface area contributed by atoms with Gasteiger partial charge in [-0.2, -0.15) is 0 Å². The fourth-order valence-electron chi connectivity index (χ4n) is 1.73. The normalized spacial score (nSPS) is 9.55. The summed E-state index contributed by atoms with van der Waals surface area (Å²) in [5.41, 5.74) is 3.54. The molecule has 0 saturated heterocycles. The zero-order chi connectivity index (χ0) is 14.2. The molecule has 0 N–H and O–H groups in total. The average molecular weight is 463 g/mol. The van der Waals surface area contributed by atoms with Gasteiger partial charge in [0, 0.05) is 12.4 Å². The summed E-state index contributed by atoms with van der Waals surface area (Å²) >= 11 is 1.75. The molecule has 0 spiro atoms. The number of hydrogen-bond donors (Lipinski definition) is 0. The quantitative estimate of drug-likeness (QED) is 0.423. The van der Waals surface area contributed by atoms with Gasteiger partial charge in [0.15, 0.2) is 0 Å². The topological polar surface area (TPSA) is 25.8 Å². The molecule has 1 heterocycles. The van der Waals surface area contributed by atoms with Crippen LogP contribution >= 0.6 is 9.19 Å². The fourth-order valence-corrected chi connectivity index (χ4v) is 1.73. The molecular formula is C16H10AuClN2-2. The van der Waals surface area contributed by atoms with Crippen molar-refractivity contribution in [3.63, 3.8) is 0 Å². The van der Waals surface area contributed by atoms with Gasteiger partial charge in [-0.25, -0.2) is 0 Å². The maximum atomic E-state index is 4.59. The Kier molecular flexibility index (Phi) is 5.96. The third kappa shape index (κ3) is 3.78. The third-order valence-corrected chi connectivity index (χ3v) is 2.60. The fraction of sp³-hybridized carbons (Fsp3) is 0. The first-order valence-corrected chi connectivity index (χ1v) is 8.49. The van der Waals surface area contributed by atoms with Gasteiger partial charge in [-0.3, -0.25) is 4.98 Å². The van der Waals surface area contributed by atoms with E-state index < -0.39 is 0 Å². The number of nitrogens with zero attached hydrogens (tertiary/aromatic N) is 2. The van der Waals surface area contributed by atoms with Crippen LogP contribution in [0.25, 0.3) is 22.5 Å². The Bertz CT molecular complexity index is 590. The van der Waals surface area contributed by atoms with Crippen molar-refractivity contribution in [1.82, 2.24) is 9.97 Å². The maximum absolute atomic E-state index is 4.59. The van der Waals surface area contributed by atoms with Gasteiger partial charge < -0.3 is 4.98 Å². The van der Waals surface area contributed by atoms with Crippen LogP contribution in [0.2, 0.25) is 0 Å². The molecule has 0 amide bonds. The van der Waals surface area contributed by atoms with E-state index in [1.165, 1.54) is 0 Å². The summed E-state index contributed by atoms with van der Waals surface area (Å²) in [7, 11) is 4.58. The zero-order valence-corrected chi connectivity index (χ0v) is 13.3. The molecule has 0 saturated carbocycles. The summed E-state index contributed by atoms with van der Waals surface area (Å²) in [6.07, 6.45) is 3.50. The largest absolute Gasteiger partial charge is 0.342 e. The van der Waals surface area contributed by atoms with Gasteiger partial charge in [0.25, 0.3) is 0 Å². The molecule has 4 heteroatoms. The Hall–Kier alpha value is -1.45. The number of aromatic nitrogens is 2. The summed E-state index contributed by atoms with van der Waals surface area (Å²) in [6, 6.07) is 21.8. The molecule has 3 rings (SSSR count). The van der Waals surface area contributed by atoms with Crippen molar-refractivity contribution in [2.45, 2.75) is 0 Å². The first-order valence-electron chi connectivity index (χ1n) is 5.81. The molecule has 1 aromatic heterocycles. The molecule has 20 heavy (non-hydrogen) atoms. The Morgan fingerprint density at radius 3 is 1.70 bits per heavy atom. The van der Waals surface area contributed by atoms with E-state index in [4.69, 9.17) is 0 Å². The standard InChI is InChI=1S/C16H10N2.Au.ClH/c1-3-7-13(8-4-1)15-11-17-12-16(18-15)14-9-5-2-6-10-14;;/h1-7,9,11-12H;;1H/q-2;+1;/p-1. The van der Waals surface area contributed by atoms with Crippen LogP contribution in [0.3, 0.4) is 0 Å². The van der Waals surface area contributed by atoms with Gasteiger partial charge in [0.1, 0.15) is 0 Å². The van der Waals surface area contributed by atoms with Gasteiger partial charge in [0.2, 0.25) is 0 Å². The van der Waals surface area contributed by atoms with Gasteiger partial charge in [0.05, 0.1) is 0 Å². The molecule has 0 fully saturated rings. The van der Waals surface area contributed by atoms with Gasteiger partial charge in [-0.1, -0.05) is 0 Å². The summed E-state index contributed by atoms with van der Waals surface area (Å²) in [6.45, 7) is 0. The second-order valence-electron chi connectivity index (χ2n) is 3.84. The molecule has 0 unspecified atom stereocenters. The monoisotopic (exact) mass is 462 g/mol. The first kappa shape index (κ1) is 14.9. The van der Waals surface area contributed by atoms with Crippen LogP contribution in [0.1, 0.15) is 0 Å². The minimum Gasteiger partial charge on any atom is -0.342 e. The molecule has 0 radical (unpaired) electrons. The van der Waals surface area contributed by atoms with E-state index in [2.05, 4.69) is 31.3 Å². The second-order valence-corrected chi connectivity index (χ2v) is 3.84. The molecule has 104 valence electrons. The van der Waals surface area contributed by atoms with E-state index in [0.29, 0.717) is 0 Å². The second kappa shape index (κ2) is 7.98. The van der Waals surface area contributed by atoms with E-state index in [0.717, 1.165) is 22.5 Å². The van der Waals surface area contributed by atoms with Crippen molar-refractivity contribution in [3.05, 3.63) is 73.1 Å². The zero-order valence-electron chi connectivity index (χ0n) is 10.3. The molecule has 0 atom stereocenters. The predicted octanol–water partition coefficient (Wildman–Crippen LogP) is 4.10. The average Bonchev–Trinajstić information content (AvgIpc) is 2.58. The van der Waals surface area contributed by atoms with E-state index in [1.807, 2.05) is 48.5 Å². The minimum absolute atomic E-state index is 0.824. The van der Waals surface area contributed by atoms with Crippen LogP contribution in [0.5, 0.6) is 0 Å². The molecule has 0 bridgehead atoms. The van der Waals surface area contributed by atoms with Gasteiger partial charge in [-0.05, 0) is 11.4 Å². The van der Waals surface area contributed by atoms with Crippen molar-refractivity contribution in [1.29, 1.82) is 0 Å². The Balaban J connectivity index is 0.000000704. The van der Waals surface area contributed by atoms with Crippen LogP contribution in [-0.4, -0.2) is 9.97 Å².